The van der Waals surface area contributed by atoms with E-state index in [1.54, 1.807) is 6.08 Å². The highest BCUT2D eigenvalue weighted by Crippen LogP contribution is 2.27. The van der Waals surface area contributed by atoms with Crippen molar-refractivity contribution in [2.24, 2.45) is 0 Å². The van der Waals surface area contributed by atoms with Crippen LogP contribution >= 0.6 is 15.9 Å². The van der Waals surface area contributed by atoms with Crippen LogP contribution in [0.1, 0.15) is 11.1 Å². The summed E-state index contributed by atoms with van der Waals surface area (Å²) in [4.78, 5) is 0. The van der Waals surface area contributed by atoms with E-state index in [4.69, 9.17) is 4.74 Å². The molecule has 2 aromatic rings. The van der Waals surface area contributed by atoms with Gasteiger partial charge in [0.2, 0.25) is 0 Å². The molecule has 2 aromatic carbocycles. The molecule has 3 heteroatoms. The van der Waals surface area contributed by atoms with Crippen LogP contribution < -0.4 is 4.74 Å². The van der Waals surface area contributed by atoms with Crippen LogP contribution in [0.15, 0.2) is 65.7 Å². The van der Waals surface area contributed by atoms with E-state index in [2.05, 4.69) is 28.6 Å². The van der Waals surface area contributed by atoms with Crippen molar-refractivity contribution in [2.45, 2.75) is 0 Å². The van der Waals surface area contributed by atoms with Crippen LogP contribution in [0.3, 0.4) is 0 Å². The van der Waals surface area contributed by atoms with Gasteiger partial charge < -0.3 is 4.74 Å². The van der Waals surface area contributed by atoms with Crippen molar-refractivity contribution >= 4 is 27.6 Å². The standard InChI is InChI=1S/C18H14BrNO/c1-2-10-21-18-9-8-17(19)12-15(18)11-16(13-20)14-6-4-3-5-7-14/h2-9,11-12H,1,10H2/b16-11+. The molecule has 0 bridgehead atoms. The Morgan fingerprint density at radius 1 is 1.24 bits per heavy atom. The maximum absolute atomic E-state index is 9.39. The van der Waals surface area contributed by atoms with Gasteiger partial charge in [0.15, 0.2) is 0 Å². The van der Waals surface area contributed by atoms with Gasteiger partial charge in [0.05, 0.1) is 11.6 Å². The largest absolute Gasteiger partial charge is 0.489 e. The second kappa shape index (κ2) is 7.47. The number of benzene rings is 2. The summed E-state index contributed by atoms with van der Waals surface area (Å²) in [6.45, 7) is 4.07. The molecule has 0 saturated heterocycles. The van der Waals surface area contributed by atoms with Gasteiger partial charge in [-0.25, -0.2) is 0 Å². The van der Waals surface area contributed by atoms with E-state index in [0.717, 1.165) is 21.3 Å². The van der Waals surface area contributed by atoms with Crippen molar-refractivity contribution in [3.63, 3.8) is 0 Å². The maximum atomic E-state index is 9.39. The second-order valence-corrected chi connectivity index (χ2v) is 5.23. The fraction of sp³-hybridized carbons (Fsp3) is 0.0556. The first-order chi connectivity index (χ1) is 10.2. The average molecular weight is 340 g/mol. The molecule has 104 valence electrons. The van der Waals surface area contributed by atoms with E-state index >= 15 is 0 Å². The van der Waals surface area contributed by atoms with Crippen LogP contribution in [0, 0.1) is 11.3 Å². The van der Waals surface area contributed by atoms with Crippen LogP contribution in [0.2, 0.25) is 0 Å². The monoisotopic (exact) mass is 339 g/mol. The maximum Gasteiger partial charge on any atom is 0.127 e. The summed E-state index contributed by atoms with van der Waals surface area (Å²) >= 11 is 3.44. The van der Waals surface area contributed by atoms with Gasteiger partial charge >= 0.3 is 0 Å². The molecule has 0 aliphatic carbocycles. The zero-order chi connectivity index (χ0) is 15.1. The minimum absolute atomic E-state index is 0.426. The first kappa shape index (κ1) is 15.1. The number of hydrogen-bond acceptors (Lipinski definition) is 2. The van der Waals surface area contributed by atoms with Gasteiger partial charge in [-0.1, -0.05) is 58.9 Å². The molecule has 0 saturated carbocycles. The number of nitrogens with zero attached hydrogens (tertiary/aromatic N) is 1. The molecule has 0 atom stereocenters. The van der Waals surface area contributed by atoms with Gasteiger partial charge in [0.1, 0.15) is 12.4 Å². The van der Waals surface area contributed by atoms with Crippen LogP contribution in [-0.4, -0.2) is 6.61 Å². The molecule has 0 aliphatic heterocycles. The van der Waals surface area contributed by atoms with Gasteiger partial charge in [0, 0.05) is 10.0 Å². The lowest BCUT2D eigenvalue weighted by molar-refractivity contribution is 0.362. The van der Waals surface area contributed by atoms with Gasteiger partial charge in [-0.15, -0.1) is 0 Å². The quantitative estimate of drug-likeness (QED) is 0.432. The van der Waals surface area contributed by atoms with E-state index < -0.39 is 0 Å². The van der Waals surface area contributed by atoms with Crippen molar-refractivity contribution in [1.29, 1.82) is 5.26 Å². The van der Waals surface area contributed by atoms with Gasteiger partial charge in [-0.2, -0.15) is 5.26 Å². The van der Waals surface area contributed by atoms with Crippen LogP contribution in [-0.2, 0) is 0 Å². The predicted octanol–water partition coefficient (Wildman–Crippen LogP) is 5.08. The molecule has 0 spiro atoms. The molecular formula is C18H14BrNO. The number of nitriles is 1. The zero-order valence-corrected chi connectivity index (χ0v) is 13.0. The van der Waals surface area contributed by atoms with E-state index in [1.807, 2.05) is 54.6 Å². The molecule has 0 aliphatic rings. The summed E-state index contributed by atoms with van der Waals surface area (Å²) in [5.41, 5.74) is 2.33. The van der Waals surface area contributed by atoms with Gasteiger partial charge in [-0.3, -0.25) is 0 Å². The summed E-state index contributed by atoms with van der Waals surface area (Å²) in [7, 11) is 0. The van der Waals surface area contributed by atoms with Crippen LogP contribution in [0.4, 0.5) is 0 Å². The first-order valence-electron chi connectivity index (χ1n) is 6.45. The van der Waals surface area contributed by atoms with Crippen LogP contribution in [0.5, 0.6) is 5.75 Å². The van der Waals surface area contributed by atoms with E-state index in [0.29, 0.717) is 12.2 Å². The highest BCUT2D eigenvalue weighted by atomic mass is 79.9. The molecule has 2 rings (SSSR count). The van der Waals surface area contributed by atoms with E-state index in [9.17, 15) is 5.26 Å². The van der Waals surface area contributed by atoms with Crippen molar-refractivity contribution in [1.82, 2.24) is 0 Å². The third-order valence-corrected chi connectivity index (χ3v) is 3.33. The molecule has 0 aromatic heterocycles. The van der Waals surface area contributed by atoms with Gasteiger partial charge in [-0.05, 0) is 29.8 Å². The summed E-state index contributed by atoms with van der Waals surface area (Å²) < 4.78 is 6.56. The summed E-state index contributed by atoms with van der Waals surface area (Å²) in [6.07, 6.45) is 3.52. The number of ether oxygens (including phenoxy) is 1. The number of halogens is 1. The zero-order valence-electron chi connectivity index (χ0n) is 11.4. The molecule has 0 fully saturated rings. The fourth-order valence-electron chi connectivity index (χ4n) is 1.87. The Hall–Kier alpha value is -2.31. The predicted molar refractivity (Wildman–Crippen MR) is 89.8 cm³/mol. The Balaban J connectivity index is 2.44. The Bertz CT molecular complexity index is 699. The smallest absolute Gasteiger partial charge is 0.127 e. The molecule has 0 heterocycles. The topological polar surface area (TPSA) is 33.0 Å². The Morgan fingerprint density at radius 3 is 2.67 bits per heavy atom. The van der Waals surface area contributed by atoms with E-state index in [-0.39, 0.29) is 0 Å². The third kappa shape index (κ3) is 4.08. The first-order valence-corrected chi connectivity index (χ1v) is 7.24. The number of rotatable bonds is 5. The highest BCUT2D eigenvalue weighted by molar-refractivity contribution is 9.10. The molecule has 21 heavy (non-hydrogen) atoms. The van der Waals surface area contributed by atoms with Crippen molar-refractivity contribution in [2.75, 3.05) is 6.61 Å². The molecule has 0 amide bonds. The summed E-state index contributed by atoms with van der Waals surface area (Å²) in [5, 5.41) is 9.39. The Labute approximate surface area is 133 Å². The molecule has 2 nitrogen and oxygen atoms in total. The van der Waals surface area contributed by atoms with Crippen LogP contribution in [0.25, 0.3) is 11.6 Å². The molecule has 0 N–H and O–H groups in total. The lowest BCUT2D eigenvalue weighted by Gasteiger charge is -2.08. The number of allylic oxidation sites excluding steroid dienone is 1. The third-order valence-electron chi connectivity index (χ3n) is 2.83. The minimum atomic E-state index is 0.426. The summed E-state index contributed by atoms with van der Waals surface area (Å²) in [6, 6.07) is 17.5. The Kier molecular flexibility index (Phi) is 5.36. The summed E-state index contributed by atoms with van der Waals surface area (Å²) in [5.74, 6) is 0.724. The van der Waals surface area contributed by atoms with Crippen molar-refractivity contribution in [3.05, 3.63) is 76.8 Å². The van der Waals surface area contributed by atoms with Crippen molar-refractivity contribution < 1.29 is 4.74 Å². The minimum Gasteiger partial charge on any atom is -0.489 e. The fourth-order valence-corrected chi connectivity index (χ4v) is 2.24. The lowest BCUT2D eigenvalue weighted by Crippen LogP contribution is -1.95. The normalized spacial score (nSPS) is 10.8. The lowest BCUT2D eigenvalue weighted by atomic mass is 10.0. The molecular weight excluding hydrogens is 326 g/mol. The molecule has 0 radical (unpaired) electrons. The Morgan fingerprint density at radius 2 is 2.00 bits per heavy atom. The number of hydrogen-bond donors (Lipinski definition) is 0. The van der Waals surface area contributed by atoms with E-state index in [1.165, 1.54) is 0 Å². The highest BCUT2D eigenvalue weighted by Gasteiger charge is 2.06. The average Bonchev–Trinajstić information content (AvgIpc) is 2.52. The SMILES string of the molecule is C=CCOc1ccc(Br)cc1/C=C(\C#N)c1ccccc1. The molecule has 0 unspecified atom stereocenters. The second-order valence-electron chi connectivity index (χ2n) is 4.32. The van der Waals surface area contributed by atoms with Crippen molar-refractivity contribution in [3.8, 4) is 11.8 Å². The van der Waals surface area contributed by atoms with Gasteiger partial charge in [0.25, 0.3) is 0 Å².